The Hall–Kier alpha value is -2.89. The Labute approximate surface area is 121 Å². The average Bonchev–Trinajstić information content (AvgIpc) is 2.47. The van der Waals surface area contributed by atoms with Crippen LogP contribution in [0.4, 0.5) is 5.69 Å². The van der Waals surface area contributed by atoms with Crippen LogP contribution in [0.1, 0.15) is 20.7 Å². The van der Waals surface area contributed by atoms with Gasteiger partial charge in [0.1, 0.15) is 5.56 Å². The number of aromatic nitrogens is 1. The van der Waals surface area contributed by atoms with Crippen molar-refractivity contribution in [2.75, 3.05) is 19.4 Å². The summed E-state index contributed by atoms with van der Waals surface area (Å²) in [6.45, 7) is 0. The Kier molecular flexibility index (Phi) is 4.18. The first-order valence-electron chi connectivity index (χ1n) is 6.30. The monoisotopic (exact) mass is 285 g/mol. The normalized spacial score (nSPS) is 10.0. The minimum Gasteiger partial charge on any atom is -0.367 e. The van der Waals surface area contributed by atoms with Crippen LogP contribution in [0.3, 0.4) is 0 Å². The number of hydrogen-bond donors (Lipinski definition) is 2. The second-order valence-corrected chi connectivity index (χ2v) is 4.62. The van der Waals surface area contributed by atoms with Crippen molar-refractivity contribution in [1.29, 1.82) is 0 Å². The fourth-order valence-corrected chi connectivity index (χ4v) is 1.80. The van der Waals surface area contributed by atoms with Gasteiger partial charge >= 0.3 is 0 Å². The van der Waals surface area contributed by atoms with Gasteiger partial charge in [-0.2, -0.15) is 0 Å². The fourth-order valence-electron chi connectivity index (χ4n) is 1.80. The Balaban J connectivity index is 2.33. The summed E-state index contributed by atoms with van der Waals surface area (Å²) in [7, 11) is 3.26. The molecule has 0 aliphatic heterocycles. The third kappa shape index (κ3) is 3.17. The summed E-state index contributed by atoms with van der Waals surface area (Å²) in [4.78, 5) is 39.9. The van der Waals surface area contributed by atoms with Crippen LogP contribution in [0.15, 0.2) is 47.5 Å². The first-order chi connectivity index (χ1) is 10.0. The smallest absolute Gasteiger partial charge is 0.261 e. The summed E-state index contributed by atoms with van der Waals surface area (Å²) in [6, 6.07) is 7.92. The zero-order valence-corrected chi connectivity index (χ0v) is 11.7. The third-order valence-corrected chi connectivity index (χ3v) is 2.88. The number of para-hydroxylation sites is 1. The molecule has 0 saturated heterocycles. The molecule has 2 amide bonds. The zero-order chi connectivity index (χ0) is 15.4. The lowest BCUT2D eigenvalue weighted by Crippen LogP contribution is -2.25. The van der Waals surface area contributed by atoms with Crippen molar-refractivity contribution in [3.05, 3.63) is 64.1 Å². The summed E-state index contributed by atoms with van der Waals surface area (Å²) in [6.07, 6.45) is 2.77. The van der Waals surface area contributed by atoms with Gasteiger partial charge in [-0.05, 0) is 12.1 Å². The number of rotatable bonds is 3. The lowest BCUT2D eigenvalue weighted by Gasteiger charge is -2.14. The Bertz CT molecular complexity index is 735. The summed E-state index contributed by atoms with van der Waals surface area (Å²) in [5.41, 5.74) is 0.333. The summed E-state index contributed by atoms with van der Waals surface area (Å²) in [5.74, 6) is -0.788. The van der Waals surface area contributed by atoms with E-state index in [2.05, 4.69) is 10.3 Å². The first kappa shape index (κ1) is 14.5. The minimum absolute atomic E-state index is 0.00962. The van der Waals surface area contributed by atoms with Gasteiger partial charge < -0.3 is 15.2 Å². The highest BCUT2D eigenvalue weighted by Gasteiger charge is 2.16. The number of H-pyrrole nitrogens is 1. The highest BCUT2D eigenvalue weighted by molar-refractivity contribution is 6.08. The molecule has 0 aliphatic rings. The highest BCUT2D eigenvalue weighted by atomic mass is 16.2. The van der Waals surface area contributed by atoms with Gasteiger partial charge in [0.2, 0.25) is 0 Å². The molecular weight excluding hydrogens is 270 g/mol. The van der Waals surface area contributed by atoms with Crippen LogP contribution >= 0.6 is 0 Å². The predicted octanol–water partition coefficient (Wildman–Crippen LogP) is 1.33. The maximum absolute atomic E-state index is 12.1. The first-order valence-corrected chi connectivity index (χ1v) is 6.30. The third-order valence-electron chi connectivity index (χ3n) is 2.88. The molecule has 0 atom stereocenters. The van der Waals surface area contributed by atoms with Crippen molar-refractivity contribution in [2.24, 2.45) is 0 Å². The van der Waals surface area contributed by atoms with Crippen molar-refractivity contribution in [3.8, 4) is 0 Å². The van der Waals surface area contributed by atoms with E-state index in [-0.39, 0.29) is 16.9 Å². The van der Waals surface area contributed by atoms with E-state index in [9.17, 15) is 14.4 Å². The van der Waals surface area contributed by atoms with Crippen LogP contribution in [0, 0.1) is 0 Å². The maximum atomic E-state index is 12.1. The van der Waals surface area contributed by atoms with Gasteiger partial charge in [0.05, 0.1) is 11.3 Å². The molecule has 1 aromatic heterocycles. The molecule has 108 valence electrons. The van der Waals surface area contributed by atoms with Gasteiger partial charge in [0, 0.05) is 32.6 Å². The fraction of sp³-hybridized carbons (Fsp3) is 0.133. The molecule has 21 heavy (non-hydrogen) atoms. The molecule has 2 N–H and O–H groups in total. The van der Waals surface area contributed by atoms with Crippen LogP contribution in [-0.4, -0.2) is 35.8 Å². The summed E-state index contributed by atoms with van der Waals surface area (Å²) < 4.78 is 0. The van der Waals surface area contributed by atoms with Gasteiger partial charge in [0.15, 0.2) is 5.43 Å². The quantitative estimate of drug-likeness (QED) is 0.892. The second-order valence-electron chi connectivity index (χ2n) is 4.62. The van der Waals surface area contributed by atoms with E-state index in [0.717, 1.165) is 0 Å². The standard InChI is InChI=1S/C15H15N3O3/c1-18(2)15(21)10-5-3-4-6-12(10)17-14(20)11-9-16-8-7-13(11)19/h3-9H,1-2H3,(H,16,19)(H,17,20). The molecule has 0 bridgehead atoms. The Morgan fingerprint density at radius 1 is 1.10 bits per heavy atom. The molecule has 0 aliphatic carbocycles. The van der Waals surface area contributed by atoms with Crippen LogP contribution < -0.4 is 10.7 Å². The second kappa shape index (κ2) is 6.04. The number of amides is 2. The minimum atomic E-state index is -0.559. The number of pyridine rings is 1. The van der Waals surface area contributed by atoms with Crippen molar-refractivity contribution in [2.45, 2.75) is 0 Å². The lowest BCUT2D eigenvalue weighted by atomic mass is 10.1. The van der Waals surface area contributed by atoms with Gasteiger partial charge in [-0.15, -0.1) is 0 Å². The molecule has 2 aromatic rings. The number of carbonyl (C=O) groups is 2. The molecule has 0 unspecified atom stereocenters. The molecule has 6 nitrogen and oxygen atoms in total. The average molecular weight is 285 g/mol. The maximum Gasteiger partial charge on any atom is 0.261 e. The van der Waals surface area contributed by atoms with Crippen molar-refractivity contribution in [1.82, 2.24) is 9.88 Å². The number of nitrogens with one attached hydrogen (secondary N) is 2. The topological polar surface area (TPSA) is 82.3 Å². The number of hydrogen-bond acceptors (Lipinski definition) is 3. The molecule has 0 fully saturated rings. The van der Waals surface area contributed by atoms with E-state index in [1.807, 2.05) is 0 Å². The molecule has 6 heteroatoms. The molecule has 1 heterocycles. The SMILES string of the molecule is CN(C)C(=O)c1ccccc1NC(=O)c1c[nH]ccc1=O. The highest BCUT2D eigenvalue weighted by Crippen LogP contribution is 2.17. The van der Waals surface area contributed by atoms with E-state index in [1.165, 1.54) is 23.4 Å². The summed E-state index contributed by atoms with van der Waals surface area (Å²) >= 11 is 0. The number of benzene rings is 1. The summed E-state index contributed by atoms with van der Waals surface area (Å²) in [5, 5.41) is 2.60. The van der Waals surface area contributed by atoms with Crippen LogP contribution in [-0.2, 0) is 0 Å². The number of carbonyl (C=O) groups excluding carboxylic acids is 2. The molecule has 0 saturated carbocycles. The lowest BCUT2D eigenvalue weighted by molar-refractivity contribution is 0.0828. The van der Waals surface area contributed by atoms with E-state index in [0.29, 0.717) is 11.3 Å². The largest absolute Gasteiger partial charge is 0.367 e. The van der Waals surface area contributed by atoms with Crippen molar-refractivity contribution in [3.63, 3.8) is 0 Å². The van der Waals surface area contributed by atoms with E-state index < -0.39 is 5.91 Å². The Morgan fingerprint density at radius 3 is 2.48 bits per heavy atom. The molecular formula is C15H15N3O3. The van der Waals surface area contributed by atoms with Gasteiger partial charge in [0.25, 0.3) is 11.8 Å². The van der Waals surface area contributed by atoms with Crippen molar-refractivity contribution < 1.29 is 9.59 Å². The van der Waals surface area contributed by atoms with E-state index >= 15 is 0 Å². The Morgan fingerprint density at radius 2 is 1.81 bits per heavy atom. The predicted molar refractivity (Wildman–Crippen MR) is 79.5 cm³/mol. The van der Waals surface area contributed by atoms with Gasteiger partial charge in [-0.3, -0.25) is 14.4 Å². The van der Waals surface area contributed by atoms with E-state index in [4.69, 9.17) is 0 Å². The van der Waals surface area contributed by atoms with E-state index in [1.54, 1.807) is 38.4 Å². The van der Waals surface area contributed by atoms with Crippen molar-refractivity contribution >= 4 is 17.5 Å². The van der Waals surface area contributed by atoms with Gasteiger partial charge in [-0.25, -0.2) is 0 Å². The van der Waals surface area contributed by atoms with Crippen LogP contribution in [0.2, 0.25) is 0 Å². The zero-order valence-electron chi connectivity index (χ0n) is 11.7. The van der Waals surface area contributed by atoms with Crippen LogP contribution in [0.5, 0.6) is 0 Å². The number of aromatic amines is 1. The van der Waals surface area contributed by atoms with Crippen LogP contribution in [0.25, 0.3) is 0 Å². The molecule has 0 spiro atoms. The molecule has 1 aromatic carbocycles. The molecule has 2 rings (SSSR count). The molecule has 0 radical (unpaired) electrons. The van der Waals surface area contributed by atoms with Gasteiger partial charge in [-0.1, -0.05) is 12.1 Å². The number of nitrogens with zero attached hydrogens (tertiary/aromatic N) is 1. The number of anilines is 1.